The number of hydrogen-bond donors (Lipinski definition) is 3. The van der Waals surface area contributed by atoms with Crippen molar-refractivity contribution in [2.24, 2.45) is 28.6 Å². The molecule has 0 amide bonds. The Morgan fingerprint density at radius 2 is 1.96 bits per heavy atom. The van der Waals surface area contributed by atoms with E-state index in [2.05, 4.69) is 13.8 Å². The van der Waals surface area contributed by atoms with Gasteiger partial charge in [-0.2, -0.15) is 12.6 Å². The van der Waals surface area contributed by atoms with Crippen molar-refractivity contribution in [3.05, 3.63) is 11.6 Å². The lowest BCUT2D eigenvalue weighted by molar-refractivity contribution is -0.146. The second-order valence-corrected chi connectivity index (χ2v) is 10.7. The summed E-state index contributed by atoms with van der Waals surface area (Å²) in [5.74, 6) is 0.747. The molecule has 2 N–H and O–H groups in total. The Kier molecular flexibility index (Phi) is 4.59. The fourth-order valence-corrected chi connectivity index (χ4v) is 7.97. The van der Waals surface area contributed by atoms with Gasteiger partial charge >= 0.3 is 5.97 Å². The van der Waals surface area contributed by atoms with Crippen LogP contribution in [0.1, 0.15) is 71.6 Å². The molecule has 3 saturated carbocycles. The molecule has 7 atom stereocenters. The van der Waals surface area contributed by atoms with Crippen molar-refractivity contribution in [2.75, 3.05) is 0 Å². The smallest absolute Gasteiger partial charge is 0.303 e. The second-order valence-electron chi connectivity index (χ2n) is 10.0. The van der Waals surface area contributed by atoms with E-state index < -0.39 is 11.6 Å². The van der Waals surface area contributed by atoms with E-state index >= 15 is 0 Å². The number of fused-ring (bicyclic) bond motifs is 5. The number of hydrogen-bond acceptors (Lipinski definition) is 4. The molecule has 0 bridgehead atoms. The molecular formula is C22H32O4S. The van der Waals surface area contributed by atoms with Gasteiger partial charge in [-0.05, 0) is 79.6 Å². The van der Waals surface area contributed by atoms with Crippen LogP contribution in [-0.4, -0.2) is 32.8 Å². The normalized spacial score (nSPS) is 49.0. The first kappa shape index (κ1) is 19.5. The molecule has 3 fully saturated rings. The van der Waals surface area contributed by atoms with Gasteiger partial charge in [0.2, 0.25) is 0 Å². The van der Waals surface area contributed by atoms with Crippen molar-refractivity contribution < 1.29 is 19.8 Å². The number of carboxylic acids is 1. The van der Waals surface area contributed by atoms with Crippen LogP contribution in [0, 0.1) is 28.6 Å². The summed E-state index contributed by atoms with van der Waals surface area (Å²) in [5, 5.41) is 20.8. The number of rotatable bonds is 3. The molecule has 4 aliphatic carbocycles. The van der Waals surface area contributed by atoms with Crippen LogP contribution in [-0.2, 0) is 9.59 Å². The van der Waals surface area contributed by atoms with Crippen LogP contribution in [0.25, 0.3) is 0 Å². The van der Waals surface area contributed by atoms with Crippen molar-refractivity contribution in [2.45, 2.75) is 82.5 Å². The van der Waals surface area contributed by atoms with Crippen LogP contribution in [0.5, 0.6) is 0 Å². The molecule has 0 unspecified atom stereocenters. The van der Waals surface area contributed by atoms with E-state index in [0.29, 0.717) is 37.0 Å². The Morgan fingerprint density at radius 1 is 1.26 bits per heavy atom. The highest BCUT2D eigenvalue weighted by Gasteiger charge is 2.65. The van der Waals surface area contributed by atoms with Crippen LogP contribution >= 0.6 is 12.6 Å². The van der Waals surface area contributed by atoms with Crippen molar-refractivity contribution in [3.8, 4) is 0 Å². The minimum absolute atomic E-state index is 0.0317. The van der Waals surface area contributed by atoms with E-state index in [0.717, 1.165) is 32.1 Å². The van der Waals surface area contributed by atoms with Crippen LogP contribution < -0.4 is 0 Å². The van der Waals surface area contributed by atoms with E-state index in [1.165, 1.54) is 5.57 Å². The molecule has 0 aliphatic heterocycles. The SMILES string of the molecule is C[C@]12CCC(=[17O])C=C1C[C@@H](S)[C@@H]1[C@@H]2CC[C@@]2(C)[C@H]1CC[C@]2(O)CCC(=O)O. The molecule has 0 spiro atoms. The molecule has 4 rings (SSSR count). The summed E-state index contributed by atoms with van der Waals surface area (Å²) in [6.45, 7) is 4.54. The van der Waals surface area contributed by atoms with Gasteiger partial charge in [0, 0.05) is 18.1 Å². The lowest BCUT2D eigenvalue weighted by Crippen LogP contribution is -2.57. The predicted molar refractivity (Wildman–Crippen MR) is 107 cm³/mol. The molecule has 0 aromatic carbocycles. The summed E-state index contributed by atoms with van der Waals surface area (Å²) in [7, 11) is 0. The Balaban J connectivity index is 1.66. The van der Waals surface area contributed by atoms with Gasteiger partial charge in [-0.25, -0.2) is 0 Å². The van der Waals surface area contributed by atoms with Crippen molar-refractivity contribution >= 4 is 24.4 Å². The minimum Gasteiger partial charge on any atom is -0.481 e. The first-order chi connectivity index (χ1) is 12.6. The second kappa shape index (κ2) is 6.35. The zero-order valence-corrected chi connectivity index (χ0v) is 17.3. The molecule has 5 heteroatoms. The van der Waals surface area contributed by atoms with Gasteiger partial charge in [-0.15, -0.1) is 0 Å². The number of carbonyl (C=O) groups is 2. The van der Waals surface area contributed by atoms with Gasteiger partial charge in [-0.1, -0.05) is 19.4 Å². The number of aliphatic hydroxyl groups is 1. The molecule has 0 saturated heterocycles. The maximum absolute atomic E-state index is 12.0. The number of allylic oxidation sites excluding steroid dienone is 1. The first-order valence-corrected chi connectivity index (χ1v) is 11.0. The standard InChI is InChI=1S/C22H32O4S/c1-20-7-3-14(23)11-13(20)12-17(27)19-15(20)4-8-21(2)16(19)5-9-22(21,26)10-6-18(24)25/h11,15-17,19,26-27H,3-10,12H2,1-2H3,(H,24,25)/t15-,16-,17+,19+,20-,21-,22-/m0/s1/i23+1. The zero-order chi connectivity index (χ0) is 19.6. The van der Waals surface area contributed by atoms with Gasteiger partial charge in [0.05, 0.1) is 5.60 Å². The average Bonchev–Trinajstić information content (AvgIpc) is 2.87. The predicted octanol–water partition coefficient (Wildman–Crippen LogP) is 4.02. The molecule has 4 nitrogen and oxygen atoms in total. The quantitative estimate of drug-likeness (QED) is 0.633. The van der Waals surface area contributed by atoms with E-state index in [-0.39, 0.29) is 28.3 Å². The molecule has 0 radical (unpaired) electrons. The summed E-state index contributed by atoms with van der Waals surface area (Å²) < 4.78 is 0. The number of aliphatic carboxylic acids is 1. The number of thiol groups is 1. The van der Waals surface area contributed by atoms with Gasteiger partial charge in [-0.3, -0.25) is 9.59 Å². The maximum Gasteiger partial charge on any atom is 0.303 e. The Morgan fingerprint density at radius 3 is 2.67 bits per heavy atom. The third kappa shape index (κ3) is 2.75. The molecule has 27 heavy (non-hydrogen) atoms. The molecule has 0 aromatic rings. The zero-order valence-electron chi connectivity index (χ0n) is 16.4. The van der Waals surface area contributed by atoms with Crippen molar-refractivity contribution in [1.82, 2.24) is 0 Å². The Hall–Kier alpha value is -0.810. The summed E-state index contributed by atoms with van der Waals surface area (Å²) >= 11 is 5.00. The number of carbonyl (C=O) groups excluding carboxylic acids is 1. The van der Waals surface area contributed by atoms with Crippen LogP contribution in [0.4, 0.5) is 0 Å². The van der Waals surface area contributed by atoms with E-state index in [1.807, 2.05) is 6.08 Å². The third-order valence-corrected chi connectivity index (χ3v) is 9.58. The Labute approximate surface area is 167 Å². The third-order valence-electron chi connectivity index (χ3n) is 9.06. The number of carboxylic acid groups (broad SMARTS) is 1. The fraction of sp³-hybridized carbons (Fsp3) is 0.818. The van der Waals surface area contributed by atoms with Crippen molar-refractivity contribution in [1.29, 1.82) is 0 Å². The van der Waals surface area contributed by atoms with Gasteiger partial charge in [0.15, 0.2) is 5.78 Å². The summed E-state index contributed by atoms with van der Waals surface area (Å²) in [6.07, 6.45) is 8.35. The van der Waals surface area contributed by atoms with E-state index in [4.69, 9.17) is 17.7 Å². The van der Waals surface area contributed by atoms with Crippen LogP contribution in [0.15, 0.2) is 11.6 Å². The van der Waals surface area contributed by atoms with Crippen LogP contribution in [0.2, 0.25) is 0 Å². The highest BCUT2D eigenvalue weighted by atomic mass is 32.1. The summed E-state index contributed by atoms with van der Waals surface area (Å²) in [6, 6.07) is 0. The highest BCUT2D eigenvalue weighted by molar-refractivity contribution is 7.81. The molecule has 4 aliphatic rings. The summed E-state index contributed by atoms with van der Waals surface area (Å²) in [4.78, 5) is 23.1. The number of ketones is 1. The van der Waals surface area contributed by atoms with Crippen molar-refractivity contribution in [3.63, 3.8) is 0 Å². The Bertz CT molecular complexity index is 702. The van der Waals surface area contributed by atoms with Gasteiger partial charge in [0.25, 0.3) is 0 Å². The minimum atomic E-state index is -0.881. The highest BCUT2D eigenvalue weighted by Crippen LogP contribution is 2.68. The summed E-state index contributed by atoms with van der Waals surface area (Å²) in [5.41, 5.74) is 0.268. The lowest BCUT2D eigenvalue weighted by atomic mass is 9.46. The molecule has 0 heterocycles. The largest absolute Gasteiger partial charge is 0.481 e. The van der Waals surface area contributed by atoms with Gasteiger partial charge < -0.3 is 10.2 Å². The van der Waals surface area contributed by atoms with E-state index in [1.54, 1.807) is 0 Å². The molecule has 0 aromatic heterocycles. The van der Waals surface area contributed by atoms with E-state index in [9.17, 15) is 14.7 Å². The lowest BCUT2D eigenvalue weighted by Gasteiger charge is -2.60. The molecular weight excluding hydrogens is 361 g/mol. The topological polar surface area (TPSA) is 74.6 Å². The van der Waals surface area contributed by atoms with Gasteiger partial charge in [0.1, 0.15) is 0 Å². The molecule has 150 valence electrons. The maximum atomic E-state index is 12.0. The first-order valence-electron chi connectivity index (χ1n) is 10.5. The monoisotopic (exact) mass is 393 g/mol. The fourth-order valence-electron chi connectivity index (χ4n) is 7.36. The average molecular weight is 394 g/mol. The van der Waals surface area contributed by atoms with Crippen LogP contribution in [0.3, 0.4) is 0 Å².